The third kappa shape index (κ3) is 3.13. The van der Waals surface area contributed by atoms with Crippen molar-refractivity contribution in [1.29, 1.82) is 0 Å². The lowest BCUT2D eigenvalue weighted by Crippen LogP contribution is -2.50. The van der Waals surface area contributed by atoms with Crippen LogP contribution in [0.25, 0.3) is 0 Å². The quantitative estimate of drug-likeness (QED) is 0.489. The van der Waals surface area contributed by atoms with Gasteiger partial charge in [-0.1, -0.05) is 20.8 Å². The maximum atomic E-state index is 11.2. The molecule has 1 rings (SSSR count). The zero-order valence-corrected chi connectivity index (χ0v) is 10.1. The first kappa shape index (κ1) is 12.8. The highest BCUT2D eigenvalue weighted by molar-refractivity contribution is 5.74. The number of carbonyl (C=O) groups is 1. The van der Waals surface area contributed by atoms with E-state index >= 15 is 0 Å². The molecule has 0 bridgehead atoms. The molecule has 0 heterocycles. The highest BCUT2D eigenvalue weighted by Crippen LogP contribution is 2.34. The summed E-state index contributed by atoms with van der Waals surface area (Å²) in [5.74, 6) is 5.22. The van der Waals surface area contributed by atoms with Crippen molar-refractivity contribution in [3.63, 3.8) is 0 Å². The first-order valence-corrected chi connectivity index (χ1v) is 5.46. The Morgan fingerprint density at radius 1 is 1.50 bits per heavy atom. The van der Waals surface area contributed by atoms with Gasteiger partial charge in [0.25, 0.3) is 0 Å². The molecule has 5 heteroatoms. The van der Waals surface area contributed by atoms with Crippen molar-refractivity contribution in [1.82, 2.24) is 5.01 Å². The average Bonchev–Trinajstić information content (AvgIpc) is 2.80. The first-order valence-electron chi connectivity index (χ1n) is 5.46. The molecule has 1 saturated carbocycles. The largest absolute Gasteiger partial charge is 0.480 e. The van der Waals surface area contributed by atoms with E-state index in [1.165, 1.54) is 5.01 Å². The number of allylic oxidation sites excluding steroid dienone is 1. The van der Waals surface area contributed by atoms with Crippen LogP contribution < -0.4 is 11.6 Å². The standard InChI is InChI=1S/C11H21N3O2/c1-11(2,3)9(10(15)16)14(13)6-8(12)7-4-5-7/h6-7,9H,4-5,12-13H2,1-3H3,(H,15,16)/b8-6-. The summed E-state index contributed by atoms with van der Waals surface area (Å²) in [6.45, 7) is 5.52. The Hall–Kier alpha value is -1.23. The third-order valence-corrected chi connectivity index (χ3v) is 2.70. The maximum Gasteiger partial charge on any atom is 0.328 e. The van der Waals surface area contributed by atoms with Gasteiger partial charge in [-0.3, -0.25) is 0 Å². The average molecular weight is 227 g/mol. The van der Waals surface area contributed by atoms with Crippen LogP contribution in [0.2, 0.25) is 0 Å². The number of nitrogens with zero attached hydrogens (tertiary/aromatic N) is 1. The molecular weight excluding hydrogens is 206 g/mol. The van der Waals surface area contributed by atoms with Crippen LogP contribution in [0.3, 0.4) is 0 Å². The summed E-state index contributed by atoms with van der Waals surface area (Å²) in [5.41, 5.74) is 6.04. The number of nitrogens with two attached hydrogens (primary N) is 2. The lowest BCUT2D eigenvalue weighted by molar-refractivity contribution is -0.146. The fourth-order valence-electron chi connectivity index (χ4n) is 1.71. The summed E-state index contributed by atoms with van der Waals surface area (Å²) in [6, 6.07) is -0.773. The number of aliphatic carboxylic acids is 1. The molecule has 0 radical (unpaired) electrons. The van der Waals surface area contributed by atoms with Crippen LogP contribution in [0, 0.1) is 11.3 Å². The normalized spacial score (nSPS) is 19.4. The van der Waals surface area contributed by atoms with Gasteiger partial charge in [0.1, 0.15) is 6.04 Å². The van der Waals surface area contributed by atoms with Gasteiger partial charge in [0.05, 0.1) is 0 Å². The van der Waals surface area contributed by atoms with E-state index in [0.29, 0.717) is 11.6 Å². The van der Waals surface area contributed by atoms with Crippen molar-refractivity contribution in [2.45, 2.75) is 39.7 Å². The molecule has 1 aliphatic rings. The SMILES string of the molecule is CC(C)(C)C(C(=O)O)N(N)/C=C(\N)C1CC1. The smallest absolute Gasteiger partial charge is 0.328 e. The molecule has 0 aromatic heterocycles. The summed E-state index contributed by atoms with van der Waals surface area (Å²) >= 11 is 0. The van der Waals surface area contributed by atoms with Crippen LogP contribution in [-0.4, -0.2) is 22.1 Å². The second-order valence-corrected chi connectivity index (χ2v) is 5.46. The van der Waals surface area contributed by atoms with Crippen molar-refractivity contribution in [3.8, 4) is 0 Å². The molecule has 5 nitrogen and oxygen atoms in total. The molecule has 1 unspecified atom stereocenters. The lowest BCUT2D eigenvalue weighted by atomic mass is 9.86. The fourth-order valence-corrected chi connectivity index (χ4v) is 1.71. The fraction of sp³-hybridized carbons (Fsp3) is 0.727. The molecule has 0 saturated heterocycles. The number of rotatable bonds is 4. The molecular formula is C11H21N3O2. The van der Waals surface area contributed by atoms with E-state index in [0.717, 1.165) is 12.8 Å². The molecule has 0 spiro atoms. The molecule has 1 aliphatic carbocycles. The number of hydrogen-bond acceptors (Lipinski definition) is 4. The number of carboxylic acid groups (broad SMARTS) is 1. The van der Waals surface area contributed by atoms with Gasteiger partial charge in [-0.15, -0.1) is 0 Å². The molecule has 0 aromatic carbocycles. The van der Waals surface area contributed by atoms with Crippen molar-refractivity contribution in [2.24, 2.45) is 22.9 Å². The first-order chi connectivity index (χ1) is 7.23. The van der Waals surface area contributed by atoms with E-state index in [-0.39, 0.29) is 0 Å². The van der Waals surface area contributed by atoms with Crippen molar-refractivity contribution in [3.05, 3.63) is 11.9 Å². The van der Waals surface area contributed by atoms with Crippen molar-refractivity contribution < 1.29 is 9.90 Å². The second kappa shape index (κ2) is 4.33. The van der Waals surface area contributed by atoms with Crippen LogP contribution in [0.4, 0.5) is 0 Å². The van der Waals surface area contributed by atoms with E-state index in [9.17, 15) is 4.79 Å². The molecule has 16 heavy (non-hydrogen) atoms. The predicted octanol–water partition coefficient (Wildman–Crippen LogP) is 0.872. The van der Waals surface area contributed by atoms with Crippen LogP contribution in [0.15, 0.2) is 11.9 Å². The van der Waals surface area contributed by atoms with Gasteiger partial charge in [-0.05, 0) is 18.3 Å². The zero-order chi connectivity index (χ0) is 12.5. The van der Waals surface area contributed by atoms with E-state index in [1.807, 2.05) is 20.8 Å². The Kier molecular flexibility index (Phi) is 3.48. The summed E-state index contributed by atoms with van der Waals surface area (Å²) < 4.78 is 0. The van der Waals surface area contributed by atoms with E-state index in [1.54, 1.807) is 6.20 Å². The van der Waals surface area contributed by atoms with E-state index in [2.05, 4.69) is 0 Å². The van der Waals surface area contributed by atoms with Crippen LogP contribution in [0.5, 0.6) is 0 Å². The Morgan fingerprint density at radius 2 is 2.00 bits per heavy atom. The van der Waals surface area contributed by atoms with Gasteiger partial charge in [0, 0.05) is 17.8 Å². The molecule has 0 amide bonds. The lowest BCUT2D eigenvalue weighted by Gasteiger charge is -2.33. The molecule has 0 aromatic rings. The van der Waals surface area contributed by atoms with Crippen molar-refractivity contribution >= 4 is 5.97 Å². The van der Waals surface area contributed by atoms with Crippen LogP contribution >= 0.6 is 0 Å². The molecule has 5 N–H and O–H groups in total. The Morgan fingerprint density at radius 3 is 2.31 bits per heavy atom. The zero-order valence-electron chi connectivity index (χ0n) is 10.1. The summed E-state index contributed by atoms with van der Waals surface area (Å²) in [6.07, 6.45) is 3.70. The predicted molar refractivity (Wildman–Crippen MR) is 61.9 cm³/mol. The summed E-state index contributed by atoms with van der Waals surface area (Å²) in [4.78, 5) is 11.2. The van der Waals surface area contributed by atoms with Crippen LogP contribution in [-0.2, 0) is 4.79 Å². The Balaban J connectivity index is 2.78. The third-order valence-electron chi connectivity index (χ3n) is 2.70. The molecule has 0 aliphatic heterocycles. The maximum absolute atomic E-state index is 11.2. The second-order valence-electron chi connectivity index (χ2n) is 5.46. The monoisotopic (exact) mass is 227 g/mol. The Labute approximate surface area is 96.1 Å². The highest BCUT2D eigenvalue weighted by atomic mass is 16.4. The van der Waals surface area contributed by atoms with Gasteiger partial charge in [-0.2, -0.15) is 0 Å². The molecule has 92 valence electrons. The van der Waals surface area contributed by atoms with Gasteiger partial charge in [0.15, 0.2) is 0 Å². The van der Waals surface area contributed by atoms with E-state index < -0.39 is 17.4 Å². The van der Waals surface area contributed by atoms with E-state index in [4.69, 9.17) is 16.7 Å². The molecule has 1 fully saturated rings. The highest BCUT2D eigenvalue weighted by Gasteiger charge is 2.35. The minimum Gasteiger partial charge on any atom is -0.480 e. The minimum atomic E-state index is -0.935. The number of hydrazine groups is 1. The summed E-state index contributed by atoms with van der Waals surface area (Å²) in [5, 5.41) is 10.4. The van der Waals surface area contributed by atoms with Gasteiger partial charge in [0.2, 0.25) is 0 Å². The Bertz CT molecular complexity index is 303. The summed E-state index contributed by atoms with van der Waals surface area (Å²) in [7, 11) is 0. The molecule has 1 atom stereocenters. The van der Waals surface area contributed by atoms with Gasteiger partial charge >= 0.3 is 5.97 Å². The number of carboxylic acids is 1. The van der Waals surface area contributed by atoms with Crippen molar-refractivity contribution in [2.75, 3.05) is 0 Å². The topological polar surface area (TPSA) is 92.6 Å². The van der Waals surface area contributed by atoms with Gasteiger partial charge in [-0.25, -0.2) is 10.6 Å². The minimum absolute atomic E-state index is 0.389. The number of hydrogen-bond donors (Lipinski definition) is 3. The van der Waals surface area contributed by atoms with Crippen LogP contribution in [0.1, 0.15) is 33.6 Å². The van der Waals surface area contributed by atoms with Gasteiger partial charge < -0.3 is 15.8 Å².